The number of carbonyl (C=O) groups is 1. The zero-order valence-electron chi connectivity index (χ0n) is 11.5. The average Bonchev–Trinajstić information content (AvgIpc) is 2.46. The number of nitrogens with one attached hydrogen (secondary N) is 1. The van der Waals surface area contributed by atoms with Gasteiger partial charge in [-0.2, -0.15) is 0 Å². The van der Waals surface area contributed by atoms with Gasteiger partial charge in [-0.15, -0.1) is 0 Å². The monoisotopic (exact) mass is 272 g/mol. The lowest BCUT2D eigenvalue weighted by Crippen LogP contribution is -2.12. The summed E-state index contributed by atoms with van der Waals surface area (Å²) >= 11 is 0. The van der Waals surface area contributed by atoms with Gasteiger partial charge in [-0.3, -0.25) is 9.78 Å². The molecule has 2 aromatic heterocycles. The maximum absolute atomic E-state index is 11.8. The maximum Gasteiger partial charge on any atom is 0.316 e. The lowest BCUT2D eigenvalue weighted by atomic mass is 10.2. The molecule has 6 heteroatoms. The fourth-order valence-electron chi connectivity index (χ4n) is 1.68. The van der Waals surface area contributed by atoms with Crippen LogP contribution in [0.4, 0.5) is 5.69 Å². The molecule has 6 nitrogen and oxygen atoms in total. The first-order valence-corrected chi connectivity index (χ1v) is 6.25. The summed E-state index contributed by atoms with van der Waals surface area (Å²) in [4.78, 5) is 23.9. The Kier molecular flexibility index (Phi) is 4.60. The third-order valence-electron chi connectivity index (χ3n) is 2.69. The summed E-state index contributed by atoms with van der Waals surface area (Å²) in [7, 11) is 1.51. The second kappa shape index (κ2) is 6.60. The summed E-state index contributed by atoms with van der Waals surface area (Å²) in [5, 5.41) is 2.83. The molecular formula is C14H16N4O2. The molecule has 2 aromatic rings. The molecule has 0 fully saturated rings. The number of pyridine rings is 1. The number of nitrogens with zero attached hydrogens (tertiary/aromatic N) is 3. The lowest BCUT2D eigenvalue weighted by molar-refractivity contribution is -0.116. The zero-order chi connectivity index (χ0) is 14.4. The number of aryl methyl sites for hydroxylation is 2. The second-order valence-corrected chi connectivity index (χ2v) is 4.31. The van der Waals surface area contributed by atoms with Crippen LogP contribution >= 0.6 is 0 Å². The molecule has 0 aliphatic rings. The van der Waals surface area contributed by atoms with E-state index in [0.717, 1.165) is 16.9 Å². The molecule has 0 bridgehead atoms. The highest BCUT2D eigenvalue weighted by Gasteiger charge is 2.04. The molecule has 0 saturated carbocycles. The molecule has 104 valence electrons. The highest BCUT2D eigenvalue weighted by atomic mass is 16.5. The van der Waals surface area contributed by atoms with Crippen LogP contribution in [-0.4, -0.2) is 28.0 Å². The number of hydrogen-bond donors (Lipinski definition) is 1. The summed E-state index contributed by atoms with van der Waals surface area (Å²) in [5.41, 5.74) is 2.52. The molecule has 0 aliphatic heterocycles. The van der Waals surface area contributed by atoms with E-state index in [0.29, 0.717) is 18.9 Å². The number of amides is 1. The zero-order valence-corrected chi connectivity index (χ0v) is 11.5. The summed E-state index contributed by atoms with van der Waals surface area (Å²) in [6.45, 7) is 1.88. The first-order chi connectivity index (χ1) is 9.67. The minimum atomic E-state index is -0.0496. The van der Waals surface area contributed by atoms with E-state index in [1.54, 1.807) is 24.7 Å². The molecule has 0 unspecified atom stereocenters. The third kappa shape index (κ3) is 4.01. The van der Waals surface area contributed by atoms with Crippen molar-refractivity contribution in [3.05, 3.63) is 42.0 Å². The highest BCUT2D eigenvalue weighted by molar-refractivity contribution is 5.90. The number of carbonyl (C=O) groups excluding carboxylic acids is 1. The van der Waals surface area contributed by atoms with Gasteiger partial charge >= 0.3 is 6.01 Å². The van der Waals surface area contributed by atoms with Crippen LogP contribution in [-0.2, 0) is 11.2 Å². The Labute approximate surface area is 117 Å². The quantitative estimate of drug-likeness (QED) is 0.897. The summed E-state index contributed by atoms with van der Waals surface area (Å²) in [6, 6.07) is 3.92. The molecule has 0 saturated heterocycles. The first kappa shape index (κ1) is 13.9. The van der Waals surface area contributed by atoms with Crippen molar-refractivity contribution in [3.8, 4) is 6.01 Å². The van der Waals surface area contributed by atoms with E-state index in [1.807, 2.05) is 13.0 Å². The largest absolute Gasteiger partial charge is 0.467 e. The van der Waals surface area contributed by atoms with E-state index in [-0.39, 0.29) is 5.91 Å². The second-order valence-electron chi connectivity index (χ2n) is 4.31. The van der Waals surface area contributed by atoms with Crippen LogP contribution in [0.5, 0.6) is 6.01 Å². The minimum absolute atomic E-state index is 0.0496. The lowest BCUT2D eigenvalue weighted by Gasteiger charge is -2.05. The molecule has 20 heavy (non-hydrogen) atoms. The van der Waals surface area contributed by atoms with Gasteiger partial charge in [-0.05, 0) is 31.0 Å². The molecule has 1 amide bonds. The Morgan fingerprint density at radius 2 is 2.05 bits per heavy atom. The van der Waals surface area contributed by atoms with E-state index in [4.69, 9.17) is 4.74 Å². The number of ether oxygens (including phenoxy) is 1. The molecule has 0 radical (unpaired) electrons. The molecule has 0 aliphatic carbocycles. The van der Waals surface area contributed by atoms with Crippen LogP contribution in [0, 0.1) is 6.92 Å². The van der Waals surface area contributed by atoms with Crippen molar-refractivity contribution in [1.82, 2.24) is 15.0 Å². The highest BCUT2D eigenvalue weighted by Crippen LogP contribution is 2.09. The number of rotatable bonds is 5. The molecule has 1 N–H and O–H groups in total. The predicted octanol–water partition coefficient (Wildman–Crippen LogP) is 1.76. The van der Waals surface area contributed by atoms with Crippen LogP contribution in [0.2, 0.25) is 0 Å². The maximum atomic E-state index is 11.8. The Bertz CT molecular complexity index is 584. The Balaban J connectivity index is 1.85. The van der Waals surface area contributed by atoms with E-state index in [2.05, 4.69) is 20.3 Å². The first-order valence-electron chi connectivity index (χ1n) is 6.25. The third-order valence-corrected chi connectivity index (χ3v) is 2.69. The van der Waals surface area contributed by atoms with Crippen LogP contribution in [0.25, 0.3) is 0 Å². The van der Waals surface area contributed by atoms with E-state index < -0.39 is 0 Å². The Morgan fingerprint density at radius 3 is 2.70 bits per heavy atom. The van der Waals surface area contributed by atoms with Gasteiger partial charge < -0.3 is 10.1 Å². The van der Waals surface area contributed by atoms with Crippen molar-refractivity contribution >= 4 is 11.6 Å². The minimum Gasteiger partial charge on any atom is -0.467 e. The van der Waals surface area contributed by atoms with Gasteiger partial charge in [0.1, 0.15) is 0 Å². The van der Waals surface area contributed by atoms with Gasteiger partial charge in [-0.25, -0.2) is 9.97 Å². The number of methoxy groups -OCH3 is 1. The fraction of sp³-hybridized carbons (Fsp3) is 0.286. The molecule has 2 rings (SSSR count). The van der Waals surface area contributed by atoms with E-state index in [9.17, 15) is 4.79 Å². The van der Waals surface area contributed by atoms with Crippen molar-refractivity contribution in [3.63, 3.8) is 0 Å². The van der Waals surface area contributed by atoms with Crippen molar-refractivity contribution in [2.45, 2.75) is 19.8 Å². The SMILES string of the molecule is COc1ncc(CCC(=O)Nc2ccnc(C)c2)cn1. The summed E-state index contributed by atoms with van der Waals surface area (Å²) in [6.07, 6.45) is 5.95. The van der Waals surface area contributed by atoms with Crippen LogP contribution in [0.15, 0.2) is 30.7 Å². The van der Waals surface area contributed by atoms with Crippen LogP contribution in [0.1, 0.15) is 17.7 Å². The Morgan fingerprint density at radius 1 is 1.30 bits per heavy atom. The molecule has 2 heterocycles. The summed E-state index contributed by atoms with van der Waals surface area (Å²) < 4.78 is 4.88. The van der Waals surface area contributed by atoms with Crippen molar-refractivity contribution in [2.75, 3.05) is 12.4 Å². The van der Waals surface area contributed by atoms with E-state index >= 15 is 0 Å². The number of anilines is 1. The van der Waals surface area contributed by atoms with Gasteiger partial charge in [0.05, 0.1) is 7.11 Å². The van der Waals surface area contributed by atoms with E-state index in [1.165, 1.54) is 7.11 Å². The van der Waals surface area contributed by atoms with Crippen LogP contribution < -0.4 is 10.1 Å². The Hall–Kier alpha value is -2.50. The smallest absolute Gasteiger partial charge is 0.316 e. The molecule has 0 spiro atoms. The summed E-state index contributed by atoms with van der Waals surface area (Å²) in [5.74, 6) is -0.0496. The van der Waals surface area contributed by atoms with Gasteiger partial charge in [0.15, 0.2) is 0 Å². The standard InChI is InChI=1S/C14H16N4O2/c1-10-7-12(5-6-15-10)18-13(19)4-3-11-8-16-14(20-2)17-9-11/h5-9H,3-4H2,1-2H3,(H,15,18,19). The van der Waals surface area contributed by atoms with Crippen molar-refractivity contribution in [1.29, 1.82) is 0 Å². The fourth-order valence-corrected chi connectivity index (χ4v) is 1.68. The van der Waals surface area contributed by atoms with Crippen molar-refractivity contribution < 1.29 is 9.53 Å². The molecular weight excluding hydrogens is 256 g/mol. The topological polar surface area (TPSA) is 77.0 Å². The average molecular weight is 272 g/mol. The number of aromatic nitrogens is 3. The van der Waals surface area contributed by atoms with Gasteiger partial charge in [-0.1, -0.05) is 0 Å². The number of hydrogen-bond acceptors (Lipinski definition) is 5. The van der Waals surface area contributed by atoms with Gasteiger partial charge in [0.25, 0.3) is 0 Å². The van der Waals surface area contributed by atoms with Gasteiger partial charge in [0, 0.05) is 36.4 Å². The van der Waals surface area contributed by atoms with Gasteiger partial charge in [0.2, 0.25) is 5.91 Å². The normalized spacial score (nSPS) is 10.1. The molecule has 0 atom stereocenters. The van der Waals surface area contributed by atoms with Crippen LogP contribution in [0.3, 0.4) is 0 Å². The predicted molar refractivity (Wildman–Crippen MR) is 74.5 cm³/mol. The molecule has 0 aromatic carbocycles. The van der Waals surface area contributed by atoms with Crippen molar-refractivity contribution in [2.24, 2.45) is 0 Å².